The number of pyridine rings is 1. The van der Waals surface area contributed by atoms with E-state index in [1.807, 2.05) is 24.3 Å². The molecule has 1 fully saturated rings. The summed E-state index contributed by atoms with van der Waals surface area (Å²) in [4.78, 5) is 4.60. The van der Waals surface area contributed by atoms with Crippen molar-refractivity contribution in [2.24, 2.45) is 0 Å². The van der Waals surface area contributed by atoms with E-state index in [2.05, 4.69) is 16.4 Å². The Morgan fingerprint density at radius 1 is 1.17 bits per heavy atom. The normalized spacial score (nSPS) is 16.9. The molecule has 1 saturated heterocycles. The highest BCUT2D eigenvalue weighted by Gasteiger charge is 2.13. The van der Waals surface area contributed by atoms with E-state index >= 15 is 0 Å². The lowest BCUT2D eigenvalue weighted by molar-refractivity contribution is 0.0904. The number of rotatable bonds is 2. The van der Waals surface area contributed by atoms with E-state index in [4.69, 9.17) is 10.5 Å². The number of ether oxygens (including phenoxy) is 1. The number of aromatic nitrogens is 1. The molecular weight excluding hydrogens is 226 g/mol. The fourth-order valence-corrected chi connectivity index (χ4v) is 2.28. The molecule has 1 aliphatic rings. The zero-order valence-corrected chi connectivity index (χ0v) is 10.2. The molecule has 2 aromatic rings. The lowest BCUT2D eigenvalue weighted by Gasteiger charge is -2.23. The number of nitrogens with two attached hydrogens (primary N) is 1. The van der Waals surface area contributed by atoms with Gasteiger partial charge in [-0.2, -0.15) is 0 Å². The average Bonchev–Trinajstić information content (AvgIpc) is 2.40. The molecule has 0 radical (unpaired) electrons. The Bertz CT molecular complexity index is 550. The van der Waals surface area contributed by atoms with E-state index in [1.165, 1.54) is 0 Å². The van der Waals surface area contributed by atoms with Crippen molar-refractivity contribution in [3.8, 4) is 0 Å². The third kappa shape index (κ3) is 2.38. The molecule has 94 valence electrons. The SMILES string of the molecule is Nc1ccc2nc(NC3CCOCC3)ccc2c1. The van der Waals surface area contributed by atoms with Crippen LogP contribution >= 0.6 is 0 Å². The second kappa shape index (κ2) is 4.82. The van der Waals surface area contributed by atoms with E-state index in [9.17, 15) is 0 Å². The molecule has 0 atom stereocenters. The van der Waals surface area contributed by atoms with E-state index in [-0.39, 0.29) is 0 Å². The Hall–Kier alpha value is -1.81. The van der Waals surface area contributed by atoms with Gasteiger partial charge in [0.1, 0.15) is 5.82 Å². The van der Waals surface area contributed by atoms with Gasteiger partial charge in [-0.05, 0) is 43.2 Å². The zero-order valence-electron chi connectivity index (χ0n) is 10.2. The van der Waals surface area contributed by atoms with Crippen LogP contribution < -0.4 is 11.1 Å². The van der Waals surface area contributed by atoms with Gasteiger partial charge in [0.05, 0.1) is 5.52 Å². The summed E-state index contributed by atoms with van der Waals surface area (Å²) in [7, 11) is 0. The topological polar surface area (TPSA) is 60.2 Å². The molecule has 2 heterocycles. The standard InChI is InChI=1S/C14H17N3O/c15-11-2-3-13-10(9-11)1-4-14(17-13)16-12-5-7-18-8-6-12/h1-4,9,12H,5-8,15H2,(H,16,17). The first-order valence-electron chi connectivity index (χ1n) is 6.32. The first-order chi connectivity index (χ1) is 8.81. The van der Waals surface area contributed by atoms with E-state index < -0.39 is 0 Å². The van der Waals surface area contributed by atoms with Crippen LogP contribution in [-0.2, 0) is 4.74 Å². The van der Waals surface area contributed by atoms with E-state index in [0.29, 0.717) is 6.04 Å². The number of benzene rings is 1. The number of nitrogens with zero attached hydrogens (tertiary/aromatic N) is 1. The van der Waals surface area contributed by atoms with Gasteiger partial charge < -0.3 is 15.8 Å². The summed E-state index contributed by atoms with van der Waals surface area (Å²) in [6.45, 7) is 1.67. The monoisotopic (exact) mass is 243 g/mol. The summed E-state index contributed by atoms with van der Waals surface area (Å²) in [5.74, 6) is 0.930. The van der Waals surface area contributed by atoms with Crippen LogP contribution in [0.4, 0.5) is 11.5 Å². The second-order valence-electron chi connectivity index (χ2n) is 4.68. The molecular formula is C14H17N3O. The van der Waals surface area contributed by atoms with Gasteiger partial charge >= 0.3 is 0 Å². The number of nitrogen functional groups attached to an aromatic ring is 1. The van der Waals surface area contributed by atoms with Crippen LogP contribution in [-0.4, -0.2) is 24.2 Å². The lowest BCUT2D eigenvalue weighted by atomic mass is 10.1. The van der Waals surface area contributed by atoms with Gasteiger partial charge in [0.15, 0.2) is 0 Å². The predicted molar refractivity (Wildman–Crippen MR) is 73.6 cm³/mol. The van der Waals surface area contributed by atoms with E-state index in [1.54, 1.807) is 0 Å². The molecule has 0 saturated carbocycles. The van der Waals surface area contributed by atoms with Gasteiger partial charge in [-0.15, -0.1) is 0 Å². The third-order valence-electron chi connectivity index (χ3n) is 3.29. The minimum atomic E-state index is 0.470. The maximum Gasteiger partial charge on any atom is 0.126 e. The van der Waals surface area contributed by atoms with Crippen molar-refractivity contribution in [3.05, 3.63) is 30.3 Å². The maximum atomic E-state index is 5.75. The summed E-state index contributed by atoms with van der Waals surface area (Å²) in [6.07, 6.45) is 2.09. The Morgan fingerprint density at radius 2 is 2.00 bits per heavy atom. The predicted octanol–water partition coefficient (Wildman–Crippen LogP) is 2.41. The Balaban J connectivity index is 1.82. The molecule has 0 bridgehead atoms. The van der Waals surface area contributed by atoms with Crippen LogP contribution in [0.2, 0.25) is 0 Å². The van der Waals surface area contributed by atoms with Gasteiger partial charge in [-0.3, -0.25) is 0 Å². The van der Waals surface area contributed by atoms with Gasteiger partial charge in [0, 0.05) is 30.3 Å². The second-order valence-corrected chi connectivity index (χ2v) is 4.68. The van der Waals surface area contributed by atoms with Gasteiger partial charge in [-0.25, -0.2) is 4.98 Å². The van der Waals surface area contributed by atoms with Crippen LogP contribution in [0, 0.1) is 0 Å². The van der Waals surface area contributed by atoms with Crippen LogP contribution in [0.3, 0.4) is 0 Å². The zero-order chi connectivity index (χ0) is 12.4. The number of nitrogens with one attached hydrogen (secondary N) is 1. The lowest BCUT2D eigenvalue weighted by Crippen LogP contribution is -2.28. The molecule has 0 aliphatic carbocycles. The van der Waals surface area contributed by atoms with Crippen LogP contribution in [0.25, 0.3) is 10.9 Å². The fourth-order valence-electron chi connectivity index (χ4n) is 2.28. The summed E-state index contributed by atoms with van der Waals surface area (Å²) >= 11 is 0. The van der Waals surface area contributed by atoms with Gasteiger partial charge in [0.25, 0.3) is 0 Å². The highest BCUT2D eigenvalue weighted by Crippen LogP contribution is 2.19. The minimum absolute atomic E-state index is 0.470. The smallest absolute Gasteiger partial charge is 0.126 e. The summed E-state index contributed by atoms with van der Waals surface area (Å²) < 4.78 is 5.35. The number of hydrogen-bond acceptors (Lipinski definition) is 4. The summed E-state index contributed by atoms with van der Waals surface area (Å²) in [5, 5.41) is 4.54. The Labute approximate surface area is 106 Å². The third-order valence-corrected chi connectivity index (χ3v) is 3.29. The highest BCUT2D eigenvalue weighted by molar-refractivity contribution is 5.83. The van der Waals surface area contributed by atoms with Gasteiger partial charge in [-0.1, -0.05) is 0 Å². The van der Waals surface area contributed by atoms with E-state index in [0.717, 1.165) is 48.5 Å². The van der Waals surface area contributed by atoms with Gasteiger partial charge in [0.2, 0.25) is 0 Å². The fraction of sp³-hybridized carbons (Fsp3) is 0.357. The van der Waals surface area contributed by atoms with Crippen molar-refractivity contribution in [1.82, 2.24) is 4.98 Å². The highest BCUT2D eigenvalue weighted by atomic mass is 16.5. The molecule has 1 aliphatic heterocycles. The molecule has 1 aromatic heterocycles. The average molecular weight is 243 g/mol. The summed E-state index contributed by atoms with van der Waals surface area (Å²) in [5.41, 5.74) is 7.50. The molecule has 1 aromatic carbocycles. The molecule has 0 unspecified atom stereocenters. The summed E-state index contributed by atoms with van der Waals surface area (Å²) in [6, 6.07) is 10.3. The van der Waals surface area contributed by atoms with Crippen molar-refractivity contribution in [2.75, 3.05) is 24.3 Å². The van der Waals surface area contributed by atoms with Crippen LogP contribution in [0.5, 0.6) is 0 Å². The molecule has 18 heavy (non-hydrogen) atoms. The first-order valence-corrected chi connectivity index (χ1v) is 6.32. The molecule has 0 amide bonds. The van der Waals surface area contributed by atoms with Crippen molar-refractivity contribution >= 4 is 22.4 Å². The van der Waals surface area contributed by atoms with Crippen molar-refractivity contribution in [2.45, 2.75) is 18.9 Å². The Kier molecular flexibility index (Phi) is 3.02. The largest absolute Gasteiger partial charge is 0.399 e. The minimum Gasteiger partial charge on any atom is -0.399 e. The van der Waals surface area contributed by atoms with Crippen LogP contribution in [0.15, 0.2) is 30.3 Å². The van der Waals surface area contributed by atoms with Crippen molar-refractivity contribution in [3.63, 3.8) is 0 Å². The Morgan fingerprint density at radius 3 is 2.83 bits per heavy atom. The number of hydrogen-bond donors (Lipinski definition) is 2. The molecule has 0 spiro atoms. The number of anilines is 2. The van der Waals surface area contributed by atoms with Crippen LogP contribution in [0.1, 0.15) is 12.8 Å². The first kappa shape index (κ1) is 11.3. The maximum absolute atomic E-state index is 5.75. The molecule has 3 rings (SSSR count). The van der Waals surface area contributed by atoms with Crippen molar-refractivity contribution in [1.29, 1.82) is 0 Å². The molecule has 4 nitrogen and oxygen atoms in total. The van der Waals surface area contributed by atoms with Crippen molar-refractivity contribution < 1.29 is 4.74 Å². The number of fused-ring (bicyclic) bond motifs is 1. The quantitative estimate of drug-likeness (QED) is 0.795. The molecule has 3 N–H and O–H groups in total. The molecule has 4 heteroatoms.